The molecule has 9 heteroatoms. The van der Waals surface area contributed by atoms with Gasteiger partial charge in [-0.2, -0.15) is 0 Å². The summed E-state index contributed by atoms with van der Waals surface area (Å²) in [6.07, 6.45) is 0. The second kappa shape index (κ2) is 15.7. The van der Waals surface area contributed by atoms with Crippen LogP contribution >= 0.6 is 0 Å². The zero-order valence-corrected chi connectivity index (χ0v) is 27.8. The van der Waals surface area contributed by atoms with Crippen LogP contribution in [-0.4, -0.2) is 58.8 Å². The van der Waals surface area contributed by atoms with E-state index >= 15 is 0 Å². The van der Waals surface area contributed by atoms with Crippen LogP contribution in [0.1, 0.15) is 59.4 Å². The van der Waals surface area contributed by atoms with Crippen molar-refractivity contribution in [3.63, 3.8) is 0 Å². The fourth-order valence-corrected chi connectivity index (χ4v) is 5.73. The first-order valence-corrected chi connectivity index (χ1v) is 16.5. The molecule has 9 nitrogen and oxygen atoms in total. The van der Waals surface area contributed by atoms with Gasteiger partial charge in [0.15, 0.2) is 5.69 Å². The fraction of sp³-hybridized carbons (Fsp3) is 0.308. The van der Waals surface area contributed by atoms with E-state index in [2.05, 4.69) is 41.2 Å². The van der Waals surface area contributed by atoms with Crippen molar-refractivity contribution < 1.29 is 23.7 Å². The monoisotopic (exact) mass is 646 g/mol. The number of ether oxygens (including phenoxy) is 4. The first-order chi connectivity index (χ1) is 23.5. The van der Waals surface area contributed by atoms with E-state index in [1.807, 2.05) is 84.9 Å². The number of carbonyl (C=O) groups is 1. The first kappa shape index (κ1) is 32.9. The summed E-state index contributed by atoms with van der Waals surface area (Å²) in [5.41, 5.74) is 6.35. The predicted molar refractivity (Wildman–Crippen MR) is 184 cm³/mol. The Hall–Kier alpha value is -4.99. The molecular formula is C39H42N4O5. The second-order valence-corrected chi connectivity index (χ2v) is 12.1. The lowest BCUT2D eigenvalue weighted by atomic mass is 10.00. The van der Waals surface area contributed by atoms with Crippen LogP contribution < -0.4 is 9.47 Å². The third kappa shape index (κ3) is 7.93. The molecule has 0 amide bonds. The third-order valence-corrected chi connectivity index (χ3v) is 8.29. The Morgan fingerprint density at radius 2 is 1.44 bits per heavy atom. The van der Waals surface area contributed by atoms with Gasteiger partial charge in [-0.1, -0.05) is 104 Å². The molecule has 1 aromatic heterocycles. The molecule has 1 aliphatic heterocycles. The van der Waals surface area contributed by atoms with E-state index in [0.717, 1.165) is 60.9 Å². The molecule has 0 atom stereocenters. The molecule has 0 bridgehead atoms. The van der Waals surface area contributed by atoms with E-state index < -0.39 is 5.97 Å². The molecule has 48 heavy (non-hydrogen) atoms. The van der Waals surface area contributed by atoms with Gasteiger partial charge in [-0.3, -0.25) is 4.90 Å². The maximum absolute atomic E-state index is 13.3. The van der Waals surface area contributed by atoms with Crippen LogP contribution in [0, 0.1) is 0 Å². The number of nitrogens with zero attached hydrogens (tertiary/aromatic N) is 4. The smallest absolute Gasteiger partial charge is 0.361 e. The lowest BCUT2D eigenvalue weighted by Gasteiger charge is -2.26. The Kier molecular flexibility index (Phi) is 10.8. The molecule has 0 spiro atoms. The number of aromatic nitrogens is 3. The zero-order valence-electron chi connectivity index (χ0n) is 27.8. The van der Waals surface area contributed by atoms with Gasteiger partial charge in [-0.25, -0.2) is 9.48 Å². The maximum atomic E-state index is 13.3. The van der Waals surface area contributed by atoms with Crippen LogP contribution in [0.25, 0.3) is 16.9 Å². The van der Waals surface area contributed by atoms with Crippen molar-refractivity contribution >= 4 is 5.97 Å². The number of carbonyl (C=O) groups excluding carboxylic acids is 1. The molecule has 0 radical (unpaired) electrons. The van der Waals surface area contributed by atoms with Crippen LogP contribution in [0.5, 0.6) is 11.5 Å². The molecule has 0 unspecified atom stereocenters. The van der Waals surface area contributed by atoms with Crippen molar-refractivity contribution in [3.05, 3.63) is 125 Å². The van der Waals surface area contributed by atoms with Crippen molar-refractivity contribution in [2.24, 2.45) is 0 Å². The van der Waals surface area contributed by atoms with Crippen LogP contribution in [0.4, 0.5) is 0 Å². The summed E-state index contributed by atoms with van der Waals surface area (Å²) in [5.74, 6) is 0.862. The number of rotatable bonds is 13. The molecule has 1 fully saturated rings. The highest BCUT2D eigenvalue weighted by molar-refractivity contribution is 5.94. The highest BCUT2D eigenvalue weighted by Crippen LogP contribution is 2.39. The average molecular weight is 647 g/mol. The molecule has 1 saturated heterocycles. The predicted octanol–water partition coefficient (Wildman–Crippen LogP) is 7.22. The number of hydrogen-bond acceptors (Lipinski definition) is 8. The van der Waals surface area contributed by atoms with Crippen molar-refractivity contribution in [3.8, 4) is 28.4 Å². The minimum atomic E-state index is -0.533. The van der Waals surface area contributed by atoms with E-state index in [9.17, 15) is 4.79 Å². The quantitative estimate of drug-likeness (QED) is 0.124. The van der Waals surface area contributed by atoms with Gasteiger partial charge in [0, 0.05) is 31.3 Å². The standard InChI is InChI=1S/C39H42N4O5/c1-4-46-39(44)37-38(32-17-15-29(16-18-32)25-42-19-21-45-22-20-42)43(41-40-37)34-23-33(28(2)3)35(47-26-30-11-7-5-8-12-30)24-36(34)48-27-31-13-9-6-10-14-31/h5-18,23-24,28H,4,19-22,25-27H2,1-3H3. The molecule has 2 heterocycles. The second-order valence-electron chi connectivity index (χ2n) is 12.1. The lowest BCUT2D eigenvalue weighted by molar-refractivity contribution is 0.0342. The van der Waals surface area contributed by atoms with E-state index in [4.69, 9.17) is 18.9 Å². The Labute approximate surface area is 282 Å². The van der Waals surface area contributed by atoms with E-state index in [-0.39, 0.29) is 18.2 Å². The number of hydrogen-bond donors (Lipinski definition) is 0. The van der Waals surface area contributed by atoms with Gasteiger partial charge in [0.2, 0.25) is 0 Å². The molecule has 0 N–H and O–H groups in total. The first-order valence-electron chi connectivity index (χ1n) is 16.5. The van der Waals surface area contributed by atoms with Gasteiger partial charge in [0.05, 0.1) is 19.8 Å². The summed E-state index contributed by atoms with van der Waals surface area (Å²) in [4.78, 5) is 15.6. The number of esters is 1. The summed E-state index contributed by atoms with van der Waals surface area (Å²) in [6, 6.07) is 32.2. The van der Waals surface area contributed by atoms with Crippen molar-refractivity contribution in [2.75, 3.05) is 32.9 Å². The van der Waals surface area contributed by atoms with Crippen LogP contribution in [0.2, 0.25) is 0 Å². The van der Waals surface area contributed by atoms with Crippen molar-refractivity contribution in [1.82, 2.24) is 19.9 Å². The Morgan fingerprint density at radius 1 is 0.812 bits per heavy atom. The highest BCUT2D eigenvalue weighted by Gasteiger charge is 2.27. The molecule has 4 aromatic carbocycles. The van der Waals surface area contributed by atoms with E-state index in [1.54, 1.807) is 11.6 Å². The van der Waals surface area contributed by atoms with Crippen LogP contribution in [-0.2, 0) is 29.2 Å². The van der Waals surface area contributed by atoms with Gasteiger partial charge in [-0.05, 0) is 41.2 Å². The minimum absolute atomic E-state index is 0.119. The SMILES string of the molecule is CCOC(=O)c1nnn(-c2cc(C(C)C)c(OCc3ccccc3)cc2OCc2ccccc2)c1-c1ccc(CN2CCOCC2)cc1. The molecule has 0 saturated carbocycles. The average Bonchev–Trinajstić information content (AvgIpc) is 3.56. The highest BCUT2D eigenvalue weighted by atomic mass is 16.5. The zero-order chi connectivity index (χ0) is 33.3. The van der Waals surface area contributed by atoms with E-state index in [0.29, 0.717) is 30.3 Å². The van der Waals surface area contributed by atoms with Gasteiger partial charge >= 0.3 is 5.97 Å². The molecule has 248 valence electrons. The minimum Gasteiger partial charge on any atom is -0.488 e. The molecule has 1 aliphatic rings. The Morgan fingerprint density at radius 3 is 2.04 bits per heavy atom. The normalized spacial score (nSPS) is 13.4. The summed E-state index contributed by atoms with van der Waals surface area (Å²) in [5, 5.41) is 8.91. The topological polar surface area (TPSA) is 87.9 Å². The molecule has 0 aliphatic carbocycles. The molecule has 6 rings (SSSR count). The summed E-state index contributed by atoms with van der Waals surface area (Å²) in [6.45, 7) is 11.1. The summed E-state index contributed by atoms with van der Waals surface area (Å²) in [7, 11) is 0. The number of morpholine rings is 1. The fourth-order valence-electron chi connectivity index (χ4n) is 5.73. The maximum Gasteiger partial charge on any atom is 0.361 e. The Balaban J connectivity index is 1.43. The lowest BCUT2D eigenvalue weighted by Crippen LogP contribution is -2.35. The third-order valence-electron chi connectivity index (χ3n) is 8.29. The van der Waals surface area contributed by atoms with Crippen molar-refractivity contribution in [1.29, 1.82) is 0 Å². The molecule has 5 aromatic rings. The van der Waals surface area contributed by atoms with Crippen LogP contribution in [0.3, 0.4) is 0 Å². The summed E-state index contributed by atoms with van der Waals surface area (Å²) < 4.78 is 25.6. The van der Waals surface area contributed by atoms with Crippen molar-refractivity contribution in [2.45, 2.75) is 46.4 Å². The largest absolute Gasteiger partial charge is 0.488 e. The van der Waals surface area contributed by atoms with Crippen LogP contribution in [0.15, 0.2) is 97.1 Å². The van der Waals surface area contributed by atoms with E-state index in [1.165, 1.54) is 5.56 Å². The van der Waals surface area contributed by atoms with Gasteiger partial charge in [0.25, 0.3) is 0 Å². The molecular weight excluding hydrogens is 604 g/mol. The van der Waals surface area contributed by atoms with Gasteiger partial charge < -0.3 is 18.9 Å². The summed E-state index contributed by atoms with van der Waals surface area (Å²) >= 11 is 0. The van der Waals surface area contributed by atoms with Gasteiger partial charge in [-0.15, -0.1) is 5.10 Å². The number of benzene rings is 4. The Bertz CT molecular complexity index is 1780. The van der Waals surface area contributed by atoms with Gasteiger partial charge in [0.1, 0.15) is 36.1 Å².